The van der Waals surface area contributed by atoms with Gasteiger partial charge in [-0.15, -0.1) is 0 Å². The van der Waals surface area contributed by atoms with Gasteiger partial charge in [-0.2, -0.15) is 0 Å². The van der Waals surface area contributed by atoms with E-state index >= 15 is 0 Å². The molecule has 3 amide bonds. The number of aromatic nitrogens is 2. The van der Waals surface area contributed by atoms with Gasteiger partial charge in [0.2, 0.25) is 11.8 Å². The van der Waals surface area contributed by atoms with Gasteiger partial charge < -0.3 is 14.4 Å². The molecule has 0 radical (unpaired) electrons. The molecule has 1 aromatic heterocycles. The number of fused-ring (bicyclic) bond motifs is 1. The molecule has 0 bridgehead atoms. The van der Waals surface area contributed by atoms with Crippen LogP contribution in [0.2, 0.25) is 0 Å². The molecule has 190 valence electrons. The van der Waals surface area contributed by atoms with Crippen LogP contribution >= 0.6 is 0 Å². The van der Waals surface area contributed by atoms with Crippen LogP contribution in [0.15, 0.2) is 55.1 Å². The van der Waals surface area contributed by atoms with E-state index in [1.165, 1.54) is 22.6 Å². The number of piperidine rings is 1. The normalized spacial score (nSPS) is 20.4. The van der Waals surface area contributed by atoms with Crippen molar-refractivity contribution >= 4 is 23.4 Å². The van der Waals surface area contributed by atoms with E-state index < -0.39 is 17.8 Å². The van der Waals surface area contributed by atoms with Crippen LogP contribution in [0.3, 0.4) is 0 Å². The fourth-order valence-electron chi connectivity index (χ4n) is 5.52. The van der Waals surface area contributed by atoms with Gasteiger partial charge in [0.25, 0.3) is 5.91 Å². The van der Waals surface area contributed by atoms with E-state index in [0.29, 0.717) is 24.3 Å². The Hall–Kier alpha value is -4.05. The maximum atomic E-state index is 14.6. The van der Waals surface area contributed by atoms with Gasteiger partial charge in [0, 0.05) is 80.6 Å². The van der Waals surface area contributed by atoms with E-state index in [9.17, 15) is 18.8 Å². The first-order chi connectivity index (χ1) is 18.0. The highest BCUT2D eigenvalue weighted by Crippen LogP contribution is 2.35. The van der Waals surface area contributed by atoms with Crippen molar-refractivity contribution < 1.29 is 18.8 Å². The molecule has 0 aliphatic carbocycles. The van der Waals surface area contributed by atoms with Crippen molar-refractivity contribution in [1.82, 2.24) is 24.7 Å². The third-order valence-corrected chi connectivity index (χ3v) is 7.43. The monoisotopic (exact) mass is 502 g/mol. The van der Waals surface area contributed by atoms with Gasteiger partial charge in [-0.3, -0.25) is 24.6 Å². The van der Waals surface area contributed by atoms with E-state index in [1.807, 2.05) is 22.9 Å². The van der Waals surface area contributed by atoms with Gasteiger partial charge in [-0.25, -0.2) is 9.37 Å². The minimum atomic E-state index is -0.719. The number of carbonyl (C=O) groups excluding carboxylic acids is 3. The lowest BCUT2D eigenvalue weighted by molar-refractivity contribution is -0.136. The summed E-state index contributed by atoms with van der Waals surface area (Å²) >= 11 is 0. The Morgan fingerprint density at radius 3 is 2.65 bits per heavy atom. The Kier molecular flexibility index (Phi) is 5.96. The first kappa shape index (κ1) is 23.4. The van der Waals surface area contributed by atoms with Gasteiger partial charge >= 0.3 is 0 Å². The van der Waals surface area contributed by atoms with E-state index in [1.54, 1.807) is 12.5 Å². The number of hydrogen-bond donors (Lipinski definition) is 1. The number of rotatable bonds is 5. The predicted octanol–water partition coefficient (Wildman–Crippen LogP) is 2.09. The smallest absolute Gasteiger partial charge is 0.255 e. The zero-order chi connectivity index (χ0) is 25.5. The molecule has 3 aliphatic heterocycles. The third-order valence-electron chi connectivity index (χ3n) is 7.43. The van der Waals surface area contributed by atoms with Crippen molar-refractivity contribution in [3.05, 3.63) is 77.6 Å². The molecular weight excluding hydrogens is 475 g/mol. The summed E-state index contributed by atoms with van der Waals surface area (Å²) < 4.78 is 16.6. The largest absolute Gasteiger partial charge is 0.369 e. The molecule has 2 fully saturated rings. The molecule has 9 nitrogen and oxygen atoms in total. The summed E-state index contributed by atoms with van der Waals surface area (Å²) in [6.45, 7) is 4.03. The van der Waals surface area contributed by atoms with Crippen LogP contribution < -0.4 is 10.2 Å². The number of nitrogens with zero attached hydrogens (tertiary/aromatic N) is 5. The fraction of sp³-hybridized carbons (Fsp3) is 0.333. The number of carbonyl (C=O) groups is 3. The van der Waals surface area contributed by atoms with E-state index in [4.69, 9.17) is 0 Å². The van der Waals surface area contributed by atoms with Gasteiger partial charge in [-0.1, -0.05) is 12.1 Å². The lowest BCUT2D eigenvalue weighted by atomic mass is 10.0. The lowest BCUT2D eigenvalue weighted by Gasteiger charge is -2.37. The Morgan fingerprint density at radius 2 is 1.89 bits per heavy atom. The molecular formula is C27H27FN6O3. The minimum absolute atomic E-state index is 0.185. The second-order valence-electron chi connectivity index (χ2n) is 9.75. The maximum Gasteiger partial charge on any atom is 0.255 e. The number of piperazine rings is 1. The van der Waals surface area contributed by atoms with Crippen LogP contribution in [0.5, 0.6) is 0 Å². The summed E-state index contributed by atoms with van der Waals surface area (Å²) in [5.41, 5.74) is 4.03. The molecule has 2 saturated heterocycles. The number of halogens is 1. The highest BCUT2D eigenvalue weighted by Gasteiger charge is 2.41. The zero-order valence-electron chi connectivity index (χ0n) is 20.3. The highest BCUT2D eigenvalue weighted by molar-refractivity contribution is 6.06. The molecule has 1 N–H and O–H groups in total. The molecule has 4 heterocycles. The van der Waals surface area contributed by atoms with Gasteiger partial charge in [0.15, 0.2) is 0 Å². The second-order valence-corrected chi connectivity index (χ2v) is 9.75. The zero-order valence-corrected chi connectivity index (χ0v) is 20.3. The van der Waals surface area contributed by atoms with Crippen molar-refractivity contribution in [3.8, 4) is 5.69 Å². The van der Waals surface area contributed by atoms with Crippen molar-refractivity contribution in [1.29, 1.82) is 0 Å². The van der Waals surface area contributed by atoms with Gasteiger partial charge in [-0.05, 0) is 36.2 Å². The second kappa shape index (κ2) is 9.44. The number of amides is 3. The van der Waals surface area contributed by atoms with Crippen LogP contribution in [0.1, 0.15) is 34.3 Å². The summed E-state index contributed by atoms with van der Waals surface area (Å²) in [7, 11) is 0. The van der Waals surface area contributed by atoms with E-state index in [2.05, 4.69) is 32.2 Å². The van der Waals surface area contributed by atoms with Crippen LogP contribution in [0.4, 0.5) is 10.1 Å². The lowest BCUT2D eigenvalue weighted by Crippen LogP contribution is -2.52. The van der Waals surface area contributed by atoms with Crippen molar-refractivity contribution in [2.45, 2.75) is 32.0 Å². The van der Waals surface area contributed by atoms with E-state index in [0.717, 1.165) is 30.9 Å². The Bertz CT molecular complexity index is 1370. The number of hydrogen-bond acceptors (Lipinski definition) is 6. The van der Waals surface area contributed by atoms with Crippen molar-refractivity contribution in [3.63, 3.8) is 0 Å². The molecule has 0 spiro atoms. The molecule has 1 atom stereocenters. The molecule has 3 aliphatic rings. The number of imidazole rings is 1. The Balaban J connectivity index is 1.15. The average Bonchev–Trinajstić information content (AvgIpc) is 3.54. The average molecular weight is 503 g/mol. The minimum Gasteiger partial charge on any atom is -0.369 e. The number of benzene rings is 2. The number of nitrogens with one attached hydrogen (secondary N) is 1. The molecule has 2 aromatic carbocycles. The SMILES string of the molecule is O=C1CCC(N2Cc3c(cc(F)cc3N3CCN(Cc4cccc(-n5ccnc5)c4)CC3)C2=O)C(=O)N1. The fourth-order valence-corrected chi connectivity index (χ4v) is 5.52. The summed E-state index contributed by atoms with van der Waals surface area (Å²) in [4.78, 5) is 47.2. The van der Waals surface area contributed by atoms with Crippen LogP contribution in [-0.2, 0) is 22.7 Å². The quantitative estimate of drug-likeness (QED) is 0.538. The van der Waals surface area contributed by atoms with Crippen molar-refractivity contribution in [2.24, 2.45) is 0 Å². The first-order valence-electron chi connectivity index (χ1n) is 12.5. The Morgan fingerprint density at radius 1 is 1.05 bits per heavy atom. The van der Waals surface area contributed by atoms with Crippen LogP contribution in [-0.4, -0.2) is 69.3 Å². The van der Waals surface area contributed by atoms with Gasteiger partial charge in [0.05, 0.1) is 6.33 Å². The summed E-state index contributed by atoms with van der Waals surface area (Å²) in [5.74, 6) is -1.62. The molecule has 10 heteroatoms. The Labute approximate surface area is 213 Å². The molecule has 6 rings (SSSR count). The highest BCUT2D eigenvalue weighted by atomic mass is 19.1. The number of imide groups is 1. The summed E-state index contributed by atoms with van der Waals surface area (Å²) in [6, 6.07) is 10.4. The molecule has 37 heavy (non-hydrogen) atoms. The third kappa shape index (κ3) is 4.48. The molecule has 0 saturated carbocycles. The molecule has 1 unspecified atom stereocenters. The predicted molar refractivity (Wildman–Crippen MR) is 133 cm³/mol. The standard InChI is InChI=1S/C27H27FN6O3/c28-19-13-21-22(16-34(27(21)37)23-4-5-25(35)30-26(23)36)24(14-19)32-10-8-31(9-11-32)15-18-2-1-3-20(12-18)33-7-6-29-17-33/h1-3,6-7,12-14,17,23H,4-5,8-11,15-16H2,(H,30,35,36). The topological polar surface area (TPSA) is 90.8 Å². The summed E-state index contributed by atoms with van der Waals surface area (Å²) in [6.07, 6.45) is 5.92. The van der Waals surface area contributed by atoms with Gasteiger partial charge in [0.1, 0.15) is 11.9 Å². The molecule has 3 aromatic rings. The first-order valence-corrected chi connectivity index (χ1v) is 12.5. The van der Waals surface area contributed by atoms with E-state index in [-0.39, 0.29) is 31.2 Å². The van der Waals surface area contributed by atoms with Crippen molar-refractivity contribution in [2.75, 3.05) is 31.1 Å². The number of anilines is 1. The maximum absolute atomic E-state index is 14.6. The van der Waals surface area contributed by atoms with Crippen LogP contribution in [0.25, 0.3) is 5.69 Å². The summed E-state index contributed by atoms with van der Waals surface area (Å²) in [5, 5.41) is 2.31. The van der Waals surface area contributed by atoms with Crippen LogP contribution in [0, 0.1) is 5.82 Å².